The number of carbonyl (C=O) groups is 1. The summed E-state index contributed by atoms with van der Waals surface area (Å²) in [6.07, 6.45) is 2.96. The van der Waals surface area contributed by atoms with Crippen molar-refractivity contribution in [2.45, 2.75) is 31.3 Å². The first kappa shape index (κ1) is 15.4. The maximum absolute atomic E-state index is 11.8. The van der Waals surface area contributed by atoms with Crippen molar-refractivity contribution in [2.24, 2.45) is 5.73 Å². The van der Waals surface area contributed by atoms with Crippen molar-refractivity contribution in [3.63, 3.8) is 0 Å². The Hall–Kier alpha value is -0.650. The van der Waals surface area contributed by atoms with Gasteiger partial charge in [0.2, 0.25) is 5.91 Å². The van der Waals surface area contributed by atoms with Gasteiger partial charge in [-0.25, -0.2) is 0 Å². The number of piperidine rings is 1. The molecule has 1 fully saturated rings. The second-order valence-corrected chi connectivity index (χ2v) is 5.64. The van der Waals surface area contributed by atoms with Crippen molar-refractivity contribution in [1.82, 2.24) is 14.7 Å². The first-order valence-corrected chi connectivity index (χ1v) is 6.76. The van der Waals surface area contributed by atoms with Crippen LogP contribution in [0.2, 0.25) is 0 Å². The van der Waals surface area contributed by atoms with Crippen LogP contribution >= 0.6 is 0 Å². The Morgan fingerprint density at radius 1 is 1.39 bits per heavy atom. The van der Waals surface area contributed by atoms with Crippen LogP contribution in [-0.2, 0) is 4.79 Å². The molecule has 0 radical (unpaired) electrons. The van der Waals surface area contributed by atoms with Crippen LogP contribution in [0, 0.1) is 0 Å². The summed E-state index contributed by atoms with van der Waals surface area (Å²) in [5.41, 5.74) is 5.85. The number of carbonyl (C=O) groups excluding carboxylic acids is 1. The Labute approximate surface area is 111 Å². The van der Waals surface area contributed by atoms with Crippen LogP contribution in [0.3, 0.4) is 0 Å². The number of amides is 1. The van der Waals surface area contributed by atoms with Crippen molar-refractivity contribution >= 4 is 5.91 Å². The monoisotopic (exact) mass is 256 g/mol. The molecule has 1 aliphatic heterocycles. The largest absolute Gasteiger partial charge is 0.349 e. The first-order valence-electron chi connectivity index (χ1n) is 6.76. The van der Waals surface area contributed by atoms with E-state index < -0.39 is 0 Å². The molecule has 2 unspecified atom stereocenters. The second kappa shape index (κ2) is 7.07. The van der Waals surface area contributed by atoms with Crippen LogP contribution in [0.1, 0.15) is 19.3 Å². The van der Waals surface area contributed by atoms with E-state index in [0.717, 1.165) is 13.1 Å². The summed E-state index contributed by atoms with van der Waals surface area (Å²) in [4.78, 5) is 18.1. The zero-order valence-electron chi connectivity index (χ0n) is 12.2. The van der Waals surface area contributed by atoms with Gasteiger partial charge < -0.3 is 15.5 Å². The van der Waals surface area contributed by atoms with E-state index in [9.17, 15) is 4.79 Å². The molecule has 0 bridgehead atoms. The SMILES string of the molecule is CN(C)C(=O)CC(CN)N1CCCC(N(C)C)C1. The van der Waals surface area contributed by atoms with E-state index in [1.165, 1.54) is 12.8 Å². The van der Waals surface area contributed by atoms with Crippen molar-refractivity contribution < 1.29 is 4.79 Å². The molecule has 1 saturated heterocycles. The smallest absolute Gasteiger partial charge is 0.223 e. The number of nitrogens with two attached hydrogens (primary N) is 1. The zero-order valence-corrected chi connectivity index (χ0v) is 12.2. The Morgan fingerprint density at radius 3 is 2.56 bits per heavy atom. The molecule has 1 heterocycles. The van der Waals surface area contributed by atoms with Crippen molar-refractivity contribution in [1.29, 1.82) is 0 Å². The molecule has 0 aromatic carbocycles. The molecule has 1 aliphatic rings. The molecule has 0 aliphatic carbocycles. The summed E-state index contributed by atoms with van der Waals surface area (Å²) in [7, 11) is 7.84. The molecule has 1 rings (SSSR count). The molecule has 0 spiro atoms. The van der Waals surface area contributed by atoms with E-state index in [4.69, 9.17) is 5.73 Å². The third-order valence-electron chi connectivity index (χ3n) is 3.86. The van der Waals surface area contributed by atoms with Gasteiger partial charge in [0.05, 0.1) is 0 Å². The molecule has 2 atom stereocenters. The van der Waals surface area contributed by atoms with E-state index in [0.29, 0.717) is 19.0 Å². The summed E-state index contributed by atoms with van der Waals surface area (Å²) >= 11 is 0. The summed E-state index contributed by atoms with van der Waals surface area (Å²) in [6.45, 7) is 2.64. The summed E-state index contributed by atoms with van der Waals surface area (Å²) in [5, 5.41) is 0. The molecule has 2 N–H and O–H groups in total. The third-order valence-corrected chi connectivity index (χ3v) is 3.86. The van der Waals surface area contributed by atoms with Gasteiger partial charge in [-0.15, -0.1) is 0 Å². The number of likely N-dealkylation sites (tertiary alicyclic amines) is 1. The molecule has 0 aromatic heterocycles. The molecular formula is C13H28N4O. The molecule has 0 saturated carbocycles. The Morgan fingerprint density at radius 2 is 2.06 bits per heavy atom. The van der Waals surface area contributed by atoms with E-state index in [1.807, 2.05) is 0 Å². The molecule has 5 heteroatoms. The third kappa shape index (κ3) is 4.23. The minimum atomic E-state index is 0.164. The second-order valence-electron chi connectivity index (χ2n) is 5.64. The van der Waals surface area contributed by atoms with Crippen LogP contribution in [0.15, 0.2) is 0 Å². The standard InChI is InChI=1S/C13H28N4O/c1-15(2)11-6-5-7-17(10-11)12(9-14)8-13(18)16(3)4/h11-12H,5-10,14H2,1-4H3. The van der Waals surface area contributed by atoms with Gasteiger partial charge in [0, 0.05) is 45.7 Å². The fourth-order valence-electron chi connectivity index (χ4n) is 2.48. The quantitative estimate of drug-likeness (QED) is 0.741. The van der Waals surface area contributed by atoms with Gasteiger partial charge >= 0.3 is 0 Å². The molecular weight excluding hydrogens is 228 g/mol. The van der Waals surface area contributed by atoms with Crippen LogP contribution < -0.4 is 5.73 Å². The van der Waals surface area contributed by atoms with E-state index in [-0.39, 0.29) is 11.9 Å². The van der Waals surface area contributed by atoms with Gasteiger partial charge in [0.1, 0.15) is 0 Å². The van der Waals surface area contributed by atoms with Gasteiger partial charge in [-0.2, -0.15) is 0 Å². The van der Waals surface area contributed by atoms with Crippen LogP contribution in [0.25, 0.3) is 0 Å². The number of hydrogen-bond donors (Lipinski definition) is 1. The van der Waals surface area contributed by atoms with Gasteiger partial charge in [-0.3, -0.25) is 9.69 Å². The van der Waals surface area contributed by atoms with E-state index >= 15 is 0 Å². The summed E-state index contributed by atoms with van der Waals surface area (Å²) in [6, 6.07) is 0.768. The number of rotatable bonds is 5. The van der Waals surface area contributed by atoms with Crippen molar-refractivity contribution in [2.75, 3.05) is 47.8 Å². The van der Waals surface area contributed by atoms with Gasteiger partial charge in [0.15, 0.2) is 0 Å². The number of nitrogens with zero attached hydrogens (tertiary/aromatic N) is 3. The molecule has 1 amide bonds. The lowest BCUT2D eigenvalue weighted by atomic mass is 10.0. The number of likely N-dealkylation sites (N-methyl/N-ethyl adjacent to an activating group) is 1. The average Bonchev–Trinajstić information content (AvgIpc) is 2.35. The minimum Gasteiger partial charge on any atom is -0.349 e. The predicted octanol–water partition coefficient (Wildman–Crippen LogP) is -0.182. The lowest BCUT2D eigenvalue weighted by molar-refractivity contribution is -0.130. The number of hydrogen-bond acceptors (Lipinski definition) is 4. The highest BCUT2D eigenvalue weighted by atomic mass is 16.2. The Bertz CT molecular complexity index is 268. The average molecular weight is 256 g/mol. The topological polar surface area (TPSA) is 52.8 Å². The maximum atomic E-state index is 11.8. The van der Waals surface area contributed by atoms with Crippen LogP contribution in [0.4, 0.5) is 0 Å². The summed E-state index contributed by atoms with van der Waals surface area (Å²) < 4.78 is 0. The fraction of sp³-hybridized carbons (Fsp3) is 0.923. The van der Waals surface area contributed by atoms with E-state index in [2.05, 4.69) is 23.9 Å². The zero-order chi connectivity index (χ0) is 13.7. The molecule has 0 aromatic rings. The highest BCUT2D eigenvalue weighted by molar-refractivity contribution is 5.76. The van der Waals surface area contributed by atoms with Crippen LogP contribution in [-0.4, -0.2) is 80.5 Å². The molecule has 106 valence electrons. The Balaban J connectivity index is 2.56. The van der Waals surface area contributed by atoms with Gasteiger partial charge in [0.25, 0.3) is 0 Å². The normalized spacial score (nSPS) is 23.1. The highest BCUT2D eigenvalue weighted by Crippen LogP contribution is 2.17. The van der Waals surface area contributed by atoms with E-state index in [1.54, 1.807) is 19.0 Å². The van der Waals surface area contributed by atoms with Crippen molar-refractivity contribution in [3.05, 3.63) is 0 Å². The molecule has 5 nitrogen and oxygen atoms in total. The van der Waals surface area contributed by atoms with Gasteiger partial charge in [-0.1, -0.05) is 0 Å². The lowest BCUT2D eigenvalue weighted by Crippen LogP contribution is -2.52. The first-order chi connectivity index (χ1) is 8.45. The Kier molecular flexibility index (Phi) is 6.05. The van der Waals surface area contributed by atoms with Gasteiger partial charge in [-0.05, 0) is 33.5 Å². The van der Waals surface area contributed by atoms with Crippen LogP contribution in [0.5, 0.6) is 0 Å². The minimum absolute atomic E-state index is 0.164. The predicted molar refractivity (Wildman–Crippen MR) is 74.4 cm³/mol. The van der Waals surface area contributed by atoms with Crippen molar-refractivity contribution in [3.8, 4) is 0 Å². The fourth-order valence-corrected chi connectivity index (χ4v) is 2.48. The molecule has 18 heavy (non-hydrogen) atoms. The lowest BCUT2D eigenvalue weighted by Gasteiger charge is -2.40. The highest BCUT2D eigenvalue weighted by Gasteiger charge is 2.27. The summed E-state index contributed by atoms with van der Waals surface area (Å²) in [5.74, 6) is 0.164. The maximum Gasteiger partial charge on any atom is 0.223 e.